The van der Waals surface area contributed by atoms with Gasteiger partial charge in [0.15, 0.2) is 8.32 Å². The van der Waals surface area contributed by atoms with E-state index < -0.39 is 8.32 Å². The van der Waals surface area contributed by atoms with E-state index in [0.29, 0.717) is 28.1 Å². The molecule has 2 spiro atoms. The van der Waals surface area contributed by atoms with Crippen LogP contribution in [0.5, 0.6) is 0 Å². The van der Waals surface area contributed by atoms with Crippen LogP contribution in [0.15, 0.2) is 0 Å². The maximum Gasteiger partial charge on any atom is 0.192 e. The number of rotatable bonds is 6. The van der Waals surface area contributed by atoms with Crippen LogP contribution in [0.2, 0.25) is 18.1 Å². The van der Waals surface area contributed by atoms with E-state index in [1.165, 1.54) is 63.1 Å². The van der Waals surface area contributed by atoms with Crippen molar-refractivity contribution < 1.29 is 13.9 Å². The van der Waals surface area contributed by atoms with Crippen molar-refractivity contribution in [3.63, 3.8) is 0 Å². The van der Waals surface area contributed by atoms with E-state index in [-0.39, 0.29) is 40.8 Å². The maximum atomic E-state index is 7.88. The third-order valence-corrected chi connectivity index (χ3v) is 21.7. The Morgan fingerprint density at radius 3 is 2.02 bits per heavy atom. The van der Waals surface area contributed by atoms with Gasteiger partial charge in [-0.3, -0.25) is 0 Å². The van der Waals surface area contributed by atoms with Crippen molar-refractivity contribution in [3.8, 4) is 0 Å². The average Bonchev–Trinajstić information content (AvgIpc) is 3.78. The lowest BCUT2D eigenvalue weighted by molar-refractivity contribution is -0.172. The lowest BCUT2D eigenvalue weighted by Crippen LogP contribution is -2.60. The molecule has 5 aliphatic carbocycles. The van der Waals surface area contributed by atoms with Crippen molar-refractivity contribution in [2.75, 3.05) is 0 Å². The van der Waals surface area contributed by atoms with Gasteiger partial charge in [-0.1, -0.05) is 62.3 Å². The first-order chi connectivity index (χ1) is 19.1. The van der Waals surface area contributed by atoms with Gasteiger partial charge in [-0.25, -0.2) is 0 Å². The second-order valence-electron chi connectivity index (χ2n) is 18.4. The van der Waals surface area contributed by atoms with Gasteiger partial charge >= 0.3 is 0 Å². The summed E-state index contributed by atoms with van der Waals surface area (Å²) < 4.78 is 21.5. The van der Waals surface area contributed by atoms with Gasteiger partial charge < -0.3 is 13.9 Å². The molecule has 2 saturated heterocycles. The third-order valence-electron chi connectivity index (χ3n) is 17.0. The molecule has 0 radical (unpaired) electrons. The lowest BCUT2D eigenvalue weighted by Gasteiger charge is -2.64. The smallest absolute Gasteiger partial charge is 0.192 e. The minimum absolute atomic E-state index is 0.0325. The summed E-state index contributed by atoms with van der Waals surface area (Å²) in [6, 6.07) is 3.69. The molecule has 3 nitrogen and oxygen atoms in total. The first-order valence-corrected chi connectivity index (χ1v) is 20.7. The molecule has 0 N–H and O–H groups in total. The minimum atomic E-state index is -1.85. The molecule has 2 heterocycles. The molecule has 0 aromatic carbocycles. The zero-order valence-electron chi connectivity index (χ0n) is 28.7. The van der Waals surface area contributed by atoms with Gasteiger partial charge in [0.25, 0.3) is 0 Å². The molecule has 4 heteroatoms. The third kappa shape index (κ3) is 3.49. The Balaban J connectivity index is 1.32. The fraction of sp³-hybridized carbons (Fsp3) is 1.00. The summed E-state index contributed by atoms with van der Waals surface area (Å²) in [7, 11) is -1.85. The molecular formula is C37H64O3Si. The predicted octanol–water partition coefficient (Wildman–Crippen LogP) is 9.64. The van der Waals surface area contributed by atoms with Crippen LogP contribution in [0.1, 0.15) is 128 Å². The molecule has 0 amide bonds. The van der Waals surface area contributed by atoms with Gasteiger partial charge in [0, 0.05) is 5.41 Å². The van der Waals surface area contributed by atoms with Crippen LogP contribution in [0, 0.1) is 56.7 Å². The molecule has 0 aromatic heterocycles. The topological polar surface area (TPSA) is 31.0 Å². The summed E-state index contributed by atoms with van der Waals surface area (Å²) in [4.78, 5) is 0. The van der Waals surface area contributed by atoms with E-state index in [1.807, 2.05) is 0 Å². The Labute approximate surface area is 254 Å². The largest absolute Gasteiger partial charge is 0.411 e. The fourth-order valence-corrected chi connectivity index (χ4v) is 16.9. The number of fused-ring (bicyclic) bond motifs is 4. The molecule has 0 aromatic rings. The van der Waals surface area contributed by atoms with Crippen molar-refractivity contribution in [2.45, 2.75) is 176 Å². The van der Waals surface area contributed by atoms with E-state index in [1.54, 1.807) is 0 Å². The summed E-state index contributed by atoms with van der Waals surface area (Å²) in [5, 5.41) is 0. The van der Waals surface area contributed by atoms with Crippen LogP contribution >= 0.6 is 0 Å². The van der Waals surface area contributed by atoms with Crippen LogP contribution in [0.4, 0.5) is 0 Å². The van der Waals surface area contributed by atoms with Gasteiger partial charge in [0.1, 0.15) is 6.10 Å². The Bertz CT molecular complexity index is 1060. The normalized spacial score (nSPS) is 56.1. The molecule has 0 bridgehead atoms. The summed E-state index contributed by atoms with van der Waals surface area (Å²) in [5.41, 5.74) is 2.06. The van der Waals surface area contributed by atoms with Crippen molar-refractivity contribution in [1.29, 1.82) is 0 Å². The monoisotopic (exact) mass is 584 g/mol. The van der Waals surface area contributed by atoms with E-state index >= 15 is 0 Å². The molecular weight excluding hydrogens is 520 g/mol. The van der Waals surface area contributed by atoms with Crippen LogP contribution in [-0.2, 0) is 13.9 Å². The molecule has 7 rings (SSSR count). The minimum Gasteiger partial charge on any atom is -0.411 e. The highest BCUT2D eigenvalue weighted by Crippen LogP contribution is 2.89. The lowest BCUT2D eigenvalue weighted by atomic mass is 9.41. The standard InChI is InChI=1S/C37H64O3Si/c1-12-41(13-2,14-3)40-31-29-28(23(4)21-25(38-29)30-33(8,9)39-30)34(10)19-20-37-22-36(37)18-17-24(5)32(6,7)26(36)15-16-27(37)35(31,34)11/h23-31H,12-22H2,1-11H3/t23-,24+,25?,26+,27+,28?,29?,30-,31+,34-,35-,36?,37+/m1/s1. The average molecular weight is 585 g/mol. The molecule has 7 aliphatic rings. The first-order valence-electron chi connectivity index (χ1n) is 18.1. The number of hydrogen-bond acceptors (Lipinski definition) is 3. The highest BCUT2D eigenvalue weighted by atomic mass is 28.4. The van der Waals surface area contributed by atoms with Gasteiger partial charge in [-0.15, -0.1) is 0 Å². The summed E-state index contributed by atoms with van der Waals surface area (Å²) in [6.07, 6.45) is 12.2. The van der Waals surface area contributed by atoms with Crippen LogP contribution < -0.4 is 0 Å². The summed E-state index contributed by atoms with van der Waals surface area (Å²) >= 11 is 0. The summed E-state index contributed by atoms with van der Waals surface area (Å²) in [5.74, 6) is 3.80. The highest BCUT2D eigenvalue weighted by Gasteiger charge is 2.85. The van der Waals surface area contributed by atoms with E-state index in [2.05, 4.69) is 76.2 Å². The zero-order valence-corrected chi connectivity index (χ0v) is 29.7. The predicted molar refractivity (Wildman–Crippen MR) is 170 cm³/mol. The summed E-state index contributed by atoms with van der Waals surface area (Å²) in [6.45, 7) is 27.7. The van der Waals surface area contributed by atoms with Crippen molar-refractivity contribution >= 4 is 8.32 Å². The van der Waals surface area contributed by atoms with Crippen LogP contribution in [-0.4, -0.2) is 38.3 Å². The Morgan fingerprint density at radius 2 is 1.41 bits per heavy atom. The zero-order chi connectivity index (χ0) is 29.6. The van der Waals surface area contributed by atoms with Gasteiger partial charge in [0.2, 0.25) is 0 Å². The highest BCUT2D eigenvalue weighted by molar-refractivity contribution is 6.73. The number of ether oxygens (including phenoxy) is 2. The molecule has 41 heavy (non-hydrogen) atoms. The Kier molecular flexibility index (Phi) is 6.45. The van der Waals surface area contributed by atoms with E-state index in [9.17, 15) is 0 Å². The molecule has 5 saturated carbocycles. The van der Waals surface area contributed by atoms with Gasteiger partial charge in [-0.2, -0.15) is 0 Å². The van der Waals surface area contributed by atoms with Crippen LogP contribution in [0.3, 0.4) is 0 Å². The Morgan fingerprint density at radius 1 is 0.805 bits per heavy atom. The molecule has 7 fully saturated rings. The van der Waals surface area contributed by atoms with Crippen LogP contribution in [0.25, 0.3) is 0 Å². The Hall–Kier alpha value is 0.0969. The molecule has 4 unspecified atom stereocenters. The fourth-order valence-electron chi connectivity index (χ4n) is 14.0. The molecule has 2 aliphatic heterocycles. The molecule has 13 atom stereocenters. The quantitative estimate of drug-likeness (QED) is 0.230. The molecule has 234 valence electrons. The number of epoxide rings is 1. The van der Waals surface area contributed by atoms with Crippen molar-refractivity contribution in [2.24, 2.45) is 56.7 Å². The maximum absolute atomic E-state index is 7.88. The number of hydrogen-bond donors (Lipinski definition) is 0. The van der Waals surface area contributed by atoms with Crippen molar-refractivity contribution in [3.05, 3.63) is 0 Å². The van der Waals surface area contributed by atoms with E-state index in [0.717, 1.165) is 24.2 Å². The first kappa shape index (κ1) is 29.8. The second kappa shape index (κ2) is 8.88. The second-order valence-corrected chi connectivity index (χ2v) is 23.2. The van der Waals surface area contributed by atoms with E-state index in [4.69, 9.17) is 13.9 Å². The van der Waals surface area contributed by atoms with Crippen molar-refractivity contribution in [1.82, 2.24) is 0 Å². The van der Waals surface area contributed by atoms with Gasteiger partial charge in [0.05, 0.1) is 23.9 Å². The van der Waals surface area contributed by atoms with Gasteiger partial charge in [-0.05, 0) is 135 Å². The SMILES string of the molecule is CC[Si](CC)(CC)O[C@H]1C2OC([C@H]3OC3(C)C)C[C@@H](C)C2[C@@]2(C)CC[C@@]34CC35CC[C@H](C)C(C)(C)[C@@H]5CC[C@H]4[C@]12C.